The highest BCUT2D eigenvalue weighted by Crippen LogP contribution is 2.25. The van der Waals surface area contributed by atoms with Crippen LogP contribution < -0.4 is 5.73 Å². The Bertz CT molecular complexity index is 685. The van der Waals surface area contributed by atoms with E-state index in [4.69, 9.17) is 10.3 Å². The lowest BCUT2D eigenvalue weighted by Crippen LogP contribution is -1.91. The van der Waals surface area contributed by atoms with Gasteiger partial charge in [-0.05, 0) is 12.1 Å². The van der Waals surface area contributed by atoms with Crippen LogP contribution in [0, 0.1) is 0 Å². The smallest absolute Gasteiger partial charge is 0.276 e. The molecule has 0 amide bonds. The molecule has 3 rings (SSSR count). The van der Waals surface area contributed by atoms with Gasteiger partial charge in [-0.15, -0.1) is 0 Å². The van der Waals surface area contributed by atoms with E-state index in [1.807, 2.05) is 29.8 Å². The molecule has 90 valence electrons. The van der Waals surface area contributed by atoms with Crippen LogP contribution in [0.2, 0.25) is 0 Å². The van der Waals surface area contributed by atoms with E-state index in [9.17, 15) is 0 Å². The van der Waals surface area contributed by atoms with Gasteiger partial charge in [-0.3, -0.25) is 0 Å². The Kier molecular flexibility index (Phi) is 2.33. The maximum atomic E-state index is 5.87. The van der Waals surface area contributed by atoms with Gasteiger partial charge in [0.25, 0.3) is 5.89 Å². The first-order chi connectivity index (χ1) is 8.75. The number of rotatable bonds is 2. The molecule has 18 heavy (non-hydrogen) atoms. The summed E-state index contributed by atoms with van der Waals surface area (Å²) in [6, 6.07) is 7.40. The van der Waals surface area contributed by atoms with Gasteiger partial charge in [0.2, 0.25) is 5.82 Å². The van der Waals surface area contributed by atoms with E-state index in [1.165, 1.54) is 0 Å². The molecule has 2 heterocycles. The number of hydrogen-bond donors (Lipinski definition) is 1. The molecule has 3 aromatic rings. The zero-order valence-corrected chi connectivity index (χ0v) is 9.74. The Hall–Kier alpha value is -2.63. The van der Waals surface area contributed by atoms with Crippen molar-refractivity contribution in [1.29, 1.82) is 0 Å². The summed E-state index contributed by atoms with van der Waals surface area (Å²) in [5.74, 6) is 0.901. The molecule has 0 spiro atoms. The minimum absolute atomic E-state index is 0.424. The van der Waals surface area contributed by atoms with Crippen molar-refractivity contribution < 1.29 is 4.52 Å². The summed E-state index contributed by atoms with van der Waals surface area (Å²) in [6.45, 7) is 0. The molecule has 0 aliphatic heterocycles. The number of imidazole rings is 1. The predicted octanol–water partition coefficient (Wildman–Crippen LogP) is 1.72. The van der Waals surface area contributed by atoms with Crippen molar-refractivity contribution in [1.82, 2.24) is 19.7 Å². The van der Waals surface area contributed by atoms with Gasteiger partial charge < -0.3 is 14.8 Å². The monoisotopic (exact) mass is 241 g/mol. The van der Waals surface area contributed by atoms with Crippen molar-refractivity contribution in [2.45, 2.75) is 0 Å². The Morgan fingerprint density at radius 2 is 2.11 bits per heavy atom. The number of nitrogen functional groups attached to an aromatic ring is 1. The van der Waals surface area contributed by atoms with E-state index in [1.54, 1.807) is 18.6 Å². The molecule has 0 radical (unpaired) electrons. The van der Waals surface area contributed by atoms with E-state index in [2.05, 4.69) is 15.1 Å². The van der Waals surface area contributed by atoms with Crippen LogP contribution in [0.25, 0.3) is 23.0 Å². The summed E-state index contributed by atoms with van der Waals surface area (Å²) < 4.78 is 7.03. The van der Waals surface area contributed by atoms with Crippen LogP contribution in [0.5, 0.6) is 0 Å². The Morgan fingerprint density at radius 3 is 2.83 bits per heavy atom. The Labute approximate surface area is 103 Å². The molecule has 0 aliphatic rings. The van der Waals surface area contributed by atoms with Gasteiger partial charge in [-0.2, -0.15) is 4.98 Å². The van der Waals surface area contributed by atoms with Gasteiger partial charge in [-0.1, -0.05) is 17.3 Å². The number of nitrogens with zero attached hydrogens (tertiary/aromatic N) is 4. The Morgan fingerprint density at radius 1 is 1.28 bits per heavy atom. The van der Waals surface area contributed by atoms with Gasteiger partial charge in [0.1, 0.15) is 5.69 Å². The molecule has 6 heteroatoms. The lowest BCUT2D eigenvalue weighted by Gasteiger charge is -1.98. The molecule has 0 atom stereocenters. The fraction of sp³-hybridized carbons (Fsp3) is 0.0833. The first kappa shape index (κ1) is 10.5. The summed E-state index contributed by atoms with van der Waals surface area (Å²) in [5.41, 5.74) is 8.02. The highest BCUT2D eigenvalue weighted by molar-refractivity contribution is 5.71. The second-order valence-electron chi connectivity index (χ2n) is 3.90. The molecule has 0 saturated heterocycles. The van der Waals surface area contributed by atoms with E-state index in [0.717, 1.165) is 11.3 Å². The van der Waals surface area contributed by atoms with Crippen molar-refractivity contribution >= 4 is 5.69 Å². The van der Waals surface area contributed by atoms with Crippen molar-refractivity contribution in [3.05, 3.63) is 36.8 Å². The van der Waals surface area contributed by atoms with Crippen LogP contribution >= 0.6 is 0 Å². The third kappa shape index (κ3) is 1.64. The van der Waals surface area contributed by atoms with Gasteiger partial charge in [-0.25, -0.2) is 4.98 Å². The van der Waals surface area contributed by atoms with Gasteiger partial charge in [0.15, 0.2) is 0 Å². The van der Waals surface area contributed by atoms with Gasteiger partial charge >= 0.3 is 0 Å². The maximum absolute atomic E-state index is 5.87. The van der Waals surface area contributed by atoms with Crippen LogP contribution in [0.15, 0.2) is 41.3 Å². The van der Waals surface area contributed by atoms with E-state index >= 15 is 0 Å². The number of benzene rings is 1. The van der Waals surface area contributed by atoms with Crippen LogP contribution in [0.4, 0.5) is 5.69 Å². The molecule has 0 saturated carbocycles. The molecule has 6 nitrogen and oxygen atoms in total. The highest BCUT2D eigenvalue weighted by atomic mass is 16.5. The number of nitrogens with two attached hydrogens (primary N) is 1. The molecule has 0 unspecified atom stereocenters. The maximum Gasteiger partial charge on any atom is 0.276 e. The van der Waals surface area contributed by atoms with E-state index in [0.29, 0.717) is 17.4 Å². The molecular formula is C12H11N5O. The fourth-order valence-corrected chi connectivity index (χ4v) is 1.70. The second-order valence-corrected chi connectivity index (χ2v) is 3.90. The quantitative estimate of drug-likeness (QED) is 0.691. The number of aryl methyl sites for hydroxylation is 1. The summed E-state index contributed by atoms with van der Waals surface area (Å²) in [5, 5.41) is 3.94. The molecular weight excluding hydrogens is 230 g/mol. The van der Waals surface area contributed by atoms with Crippen LogP contribution in [-0.2, 0) is 7.05 Å². The lowest BCUT2D eigenvalue weighted by molar-refractivity contribution is 0.429. The zero-order chi connectivity index (χ0) is 12.5. The topological polar surface area (TPSA) is 82.8 Å². The van der Waals surface area contributed by atoms with Crippen molar-refractivity contribution in [2.75, 3.05) is 5.73 Å². The zero-order valence-electron chi connectivity index (χ0n) is 9.74. The molecule has 0 aliphatic carbocycles. The standard InChI is InChI=1S/C12H11N5O/c1-17-7-14-6-10(17)12-15-11(16-18-12)8-4-2-3-5-9(8)13/h2-7H,13H2,1H3. The summed E-state index contributed by atoms with van der Waals surface area (Å²) in [7, 11) is 1.86. The third-order valence-corrected chi connectivity index (χ3v) is 2.66. The van der Waals surface area contributed by atoms with Crippen LogP contribution in [-0.4, -0.2) is 19.7 Å². The number of aromatic nitrogens is 4. The normalized spacial score (nSPS) is 10.7. The summed E-state index contributed by atoms with van der Waals surface area (Å²) in [4.78, 5) is 8.33. The minimum Gasteiger partial charge on any atom is -0.398 e. The molecule has 0 fully saturated rings. The molecule has 0 bridgehead atoms. The Balaban J connectivity index is 2.05. The van der Waals surface area contributed by atoms with E-state index in [-0.39, 0.29) is 0 Å². The first-order valence-corrected chi connectivity index (χ1v) is 5.41. The highest BCUT2D eigenvalue weighted by Gasteiger charge is 2.14. The van der Waals surface area contributed by atoms with Crippen LogP contribution in [0.3, 0.4) is 0 Å². The third-order valence-electron chi connectivity index (χ3n) is 2.66. The van der Waals surface area contributed by atoms with Crippen LogP contribution in [0.1, 0.15) is 0 Å². The molecule has 1 aromatic carbocycles. The molecule has 2 N–H and O–H groups in total. The number of para-hydroxylation sites is 1. The van der Waals surface area contributed by atoms with Gasteiger partial charge in [0, 0.05) is 18.3 Å². The van der Waals surface area contributed by atoms with Gasteiger partial charge in [0.05, 0.1) is 12.5 Å². The average Bonchev–Trinajstić information content (AvgIpc) is 2.98. The number of hydrogen-bond acceptors (Lipinski definition) is 5. The van der Waals surface area contributed by atoms with E-state index < -0.39 is 0 Å². The number of anilines is 1. The average molecular weight is 241 g/mol. The SMILES string of the molecule is Cn1cncc1-c1nc(-c2ccccc2N)no1. The minimum atomic E-state index is 0.424. The first-order valence-electron chi connectivity index (χ1n) is 5.41. The molecule has 2 aromatic heterocycles. The second kappa shape index (κ2) is 3.99. The van der Waals surface area contributed by atoms with Crippen molar-refractivity contribution in [3.8, 4) is 23.0 Å². The van der Waals surface area contributed by atoms with Crippen molar-refractivity contribution in [2.24, 2.45) is 7.05 Å². The largest absolute Gasteiger partial charge is 0.398 e. The lowest BCUT2D eigenvalue weighted by atomic mass is 10.2. The van der Waals surface area contributed by atoms with Crippen molar-refractivity contribution in [3.63, 3.8) is 0 Å². The fourth-order valence-electron chi connectivity index (χ4n) is 1.70. The summed E-state index contributed by atoms with van der Waals surface area (Å²) in [6.07, 6.45) is 3.35. The summed E-state index contributed by atoms with van der Waals surface area (Å²) >= 11 is 0. The predicted molar refractivity (Wildman–Crippen MR) is 66.3 cm³/mol.